The molecule has 2 aliphatic heterocycles. The van der Waals surface area contributed by atoms with Crippen LogP contribution in [0, 0.1) is 6.92 Å². The number of carbonyl (C=O) groups excluding carboxylic acids is 1. The first-order chi connectivity index (χ1) is 8.66. The molecule has 0 radical (unpaired) electrons. The summed E-state index contributed by atoms with van der Waals surface area (Å²) in [4.78, 5) is 14.4. The number of rotatable bonds is 0. The zero-order chi connectivity index (χ0) is 12.7. The number of benzene rings is 1. The summed E-state index contributed by atoms with van der Waals surface area (Å²) in [5, 5.41) is 7.12. The average Bonchev–Trinajstić information content (AvgIpc) is 2.53. The van der Waals surface area contributed by atoms with Crippen LogP contribution in [0.2, 0.25) is 5.02 Å². The Bertz CT molecular complexity index is 503. The highest BCUT2D eigenvalue weighted by Gasteiger charge is 2.32. The van der Waals surface area contributed by atoms with E-state index in [1.54, 1.807) is 0 Å². The quantitative estimate of drug-likeness (QED) is 0.748. The maximum absolute atomic E-state index is 12.2. The third-order valence-electron chi connectivity index (χ3n) is 3.61. The van der Waals surface area contributed by atoms with Gasteiger partial charge in [-0.2, -0.15) is 0 Å². The fourth-order valence-corrected chi connectivity index (χ4v) is 3.05. The first-order valence-corrected chi connectivity index (χ1v) is 6.63. The van der Waals surface area contributed by atoms with Gasteiger partial charge in [0.2, 0.25) is 0 Å². The molecule has 1 atom stereocenters. The van der Waals surface area contributed by atoms with Gasteiger partial charge in [0.25, 0.3) is 5.91 Å². The van der Waals surface area contributed by atoms with Crippen molar-refractivity contribution >= 4 is 23.2 Å². The highest BCUT2D eigenvalue weighted by molar-refractivity contribution is 6.31. The van der Waals surface area contributed by atoms with Crippen LogP contribution in [-0.4, -0.2) is 31.7 Å². The predicted molar refractivity (Wildman–Crippen MR) is 72.3 cm³/mol. The molecule has 1 fully saturated rings. The third-order valence-corrected chi connectivity index (χ3v) is 3.83. The predicted octanol–water partition coefficient (Wildman–Crippen LogP) is 1.52. The molecule has 0 aliphatic carbocycles. The first kappa shape index (κ1) is 11.8. The second-order valence-corrected chi connectivity index (χ2v) is 5.27. The Morgan fingerprint density at radius 3 is 3.06 bits per heavy atom. The monoisotopic (exact) mass is 265 g/mol. The minimum atomic E-state index is 0.0160. The van der Waals surface area contributed by atoms with E-state index in [-0.39, 0.29) is 12.1 Å². The Morgan fingerprint density at radius 2 is 2.22 bits per heavy atom. The topological polar surface area (TPSA) is 44.4 Å². The molecule has 4 nitrogen and oxygen atoms in total. The van der Waals surface area contributed by atoms with Gasteiger partial charge < -0.3 is 15.5 Å². The maximum atomic E-state index is 12.2. The number of amides is 1. The van der Waals surface area contributed by atoms with Gasteiger partial charge in [-0.3, -0.25) is 4.79 Å². The number of anilines is 1. The number of hydrogen-bond donors (Lipinski definition) is 2. The number of halogens is 1. The van der Waals surface area contributed by atoms with Crippen LogP contribution in [0.4, 0.5) is 5.69 Å². The Balaban J connectivity index is 2.12. The zero-order valence-electron chi connectivity index (χ0n) is 10.3. The highest BCUT2D eigenvalue weighted by atomic mass is 35.5. The van der Waals surface area contributed by atoms with E-state index < -0.39 is 0 Å². The molecular weight excluding hydrogens is 250 g/mol. The summed E-state index contributed by atoms with van der Waals surface area (Å²) in [5.41, 5.74) is 2.67. The van der Waals surface area contributed by atoms with E-state index in [0.29, 0.717) is 5.02 Å². The van der Waals surface area contributed by atoms with Gasteiger partial charge in [0.15, 0.2) is 0 Å². The summed E-state index contributed by atoms with van der Waals surface area (Å²) in [6, 6.07) is 3.75. The van der Waals surface area contributed by atoms with Gasteiger partial charge in [-0.25, -0.2) is 0 Å². The summed E-state index contributed by atoms with van der Waals surface area (Å²) in [5.74, 6) is 0.0160. The summed E-state index contributed by atoms with van der Waals surface area (Å²) in [7, 11) is 0. The Kier molecular flexibility index (Phi) is 2.92. The van der Waals surface area contributed by atoms with E-state index >= 15 is 0 Å². The molecule has 5 heteroatoms. The summed E-state index contributed by atoms with van der Waals surface area (Å²) >= 11 is 6.13. The van der Waals surface area contributed by atoms with Crippen molar-refractivity contribution in [3.8, 4) is 0 Å². The number of nitrogens with one attached hydrogen (secondary N) is 2. The lowest BCUT2D eigenvalue weighted by molar-refractivity contribution is 0.0925. The van der Waals surface area contributed by atoms with E-state index in [0.717, 1.165) is 42.9 Å². The van der Waals surface area contributed by atoms with Crippen molar-refractivity contribution in [1.82, 2.24) is 10.6 Å². The van der Waals surface area contributed by atoms with Gasteiger partial charge in [0.05, 0.1) is 11.3 Å². The standard InChI is InChI=1S/C13H16ClN3O/c1-8-6-9(14)7-10-12(8)13(18)16-11-2-3-15-4-5-17(10)11/h6-7,11,15H,2-5H2,1H3,(H,16,18). The molecule has 0 bridgehead atoms. The molecule has 0 aromatic heterocycles. The molecule has 2 heterocycles. The number of hydrogen-bond acceptors (Lipinski definition) is 3. The molecule has 0 spiro atoms. The molecule has 18 heavy (non-hydrogen) atoms. The molecule has 2 N–H and O–H groups in total. The zero-order valence-corrected chi connectivity index (χ0v) is 11.0. The number of aryl methyl sites for hydroxylation is 1. The van der Waals surface area contributed by atoms with Crippen LogP contribution in [0.3, 0.4) is 0 Å². The van der Waals surface area contributed by atoms with Gasteiger partial charge in [0, 0.05) is 18.1 Å². The number of carbonyl (C=O) groups is 1. The smallest absolute Gasteiger partial charge is 0.255 e. The summed E-state index contributed by atoms with van der Waals surface area (Å²) < 4.78 is 0. The van der Waals surface area contributed by atoms with Crippen LogP contribution in [0.25, 0.3) is 0 Å². The van der Waals surface area contributed by atoms with Crippen molar-refractivity contribution in [2.45, 2.75) is 19.5 Å². The number of nitrogens with zero attached hydrogens (tertiary/aromatic N) is 1. The largest absolute Gasteiger partial charge is 0.349 e. The SMILES string of the molecule is Cc1cc(Cl)cc2c1C(=O)NC1CCNCCN21. The lowest BCUT2D eigenvalue weighted by Gasteiger charge is -2.38. The van der Waals surface area contributed by atoms with Crippen LogP contribution in [0.1, 0.15) is 22.3 Å². The van der Waals surface area contributed by atoms with E-state index in [9.17, 15) is 4.79 Å². The minimum absolute atomic E-state index is 0.0160. The number of fused-ring (bicyclic) bond motifs is 3. The van der Waals surface area contributed by atoms with Gasteiger partial charge in [0.1, 0.15) is 6.17 Å². The van der Waals surface area contributed by atoms with E-state index in [2.05, 4.69) is 15.5 Å². The van der Waals surface area contributed by atoms with Gasteiger partial charge >= 0.3 is 0 Å². The molecule has 2 aliphatic rings. The summed E-state index contributed by atoms with van der Waals surface area (Å²) in [6.07, 6.45) is 0.995. The average molecular weight is 266 g/mol. The highest BCUT2D eigenvalue weighted by Crippen LogP contribution is 2.32. The van der Waals surface area contributed by atoms with Gasteiger partial charge in [-0.05, 0) is 37.6 Å². The van der Waals surface area contributed by atoms with Crippen molar-refractivity contribution in [3.05, 3.63) is 28.3 Å². The van der Waals surface area contributed by atoms with Crippen LogP contribution in [0.5, 0.6) is 0 Å². The minimum Gasteiger partial charge on any atom is -0.349 e. The molecular formula is C13H16ClN3O. The van der Waals surface area contributed by atoms with Crippen molar-refractivity contribution in [2.24, 2.45) is 0 Å². The van der Waals surface area contributed by atoms with Crippen molar-refractivity contribution in [1.29, 1.82) is 0 Å². The third kappa shape index (κ3) is 1.85. The molecule has 1 amide bonds. The Morgan fingerprint density at radius 1 is 1.39 bits per heavy atom. The lowest BCUT2D eigenvalue weighted by atomic mass is 10.0. The Hall–Kier alpha value is -1.26. The molecule has 1 saturated heterocycles. The fraction of sp³-hybridized carbons (Fsp3) is 0.462. The van der Waals surface area contributed by atoms with Crippen molar-refractivity contribution in [2.75, 3.05) is 24.5 Å². The fourth-order valence-electron chi connectivity index (χ4n) is 2.78. The molecule has 1 aromatic rings. The van der Waals surface area contributed by atoms with E-state index in [4.69, 9.17) is 11.6 Å². The molecule has 0 saturated carbocycles. The normalized spacial score (nSPS) is 22.9. The maximum Gasteiger partial charge on any atom is 0.255 e. The first-order valence-electron chi connectivity index (χ1n) is 6.25. The van der Waals surface area contributed by atoms with E-state index in [1.807, 2.05) is 19.1 Å². The van der Waals surface area contributed by atoms with Crippen LogP contribution in [0.15, 0.2) is 12.1 Å². The van der Waals surface area contributed by atoms with Crippen LogP contribution < -0.4 is 15.5 Å². The van der Waals surface area contributed by atoms with Gasteiger partial charge in [-0.1, -0.05) is 11.6 Å². The molecule has 3 rings (SSSR count). The van der Waals surface area contributed by atoms with E-state index in [1.165, 1.54) is 0 Å². The second kappa shape index (κ2) is 4.44. The second-order valence-electron chi connectivity index (χ2n) is 4.84. The van der Waals surface area contributed by atoms with Crippen molar-refractivity contribution in [3.63, 3.8) is 0 Å². The van der Waals surface area contributed by atoms with Crippen LogP contribution >= 0.6 is 11.6 Å². The van der Waals surface area contributed by atoms with Gasteiger partial charge in [-0.15, -0.1) is 0 Å². The Labute approximate surface area is 111 Å². The molecule has 96 valence electrons. The van der Waals surface area contributed by atoms with Crippen LogP contribution in [-0.2, 0) is 0 Å². The lowest BCUT2D eigenvalue weighted by Crippen LogP contribution is -2.53. The summed E-state index contributed by atoms with van der Waals surface area (Å²) in [6.45, 7) is 4.67. The molecule has 1 unspecified atom stereocenters. The molecule has 1 aromatic carbocycles. The van der Waals surface area contributed by atoms with Crippen molar-refractivity contribution < 1.29 is 4.79 Å².